The Bertz CT molecular complexity index is 180. The van der Waals surface area contributed by atoms with Crippen LogP contribution in [0.3, 0.4) is 0 Å². The van der Waals surface area contributed by atoms with Gasteiger partial charge >= 0.3 is 11.9 Å². The second-order valence-corrected chi connectivity index (χ2v) is 2.64. The van der Waals surface area contributed by atoms with Gasteiger partial charge in [-0.25, -0.2) is 0 Å². The van der Waals surface area contributed by atoms with Crippen LogP contribution in [0.25, 0.3) is 0 Å². The normalized spacial score (nSPS) is 12.9. The van der Waals surface area contributed by atoms with Crippen molar-refractivity contribution in [1.29, 1.82) is 0 Å². The second-order valence-electron chi connectivity index (χ2n) is 2.64. The van der Waals surface area contributed by atoms with E-state index >= 15 is 0 Å². The van der Waals surface area contributed by atoms with Crippen LogP contribution in [-0.4, -0.2) is 46.7 Å². The van der Waals surface area contributed by atoms with E-state index in [0.717, 1.165) is 0 Å². The minimum Gasteiger partial charge on any atom is -0.481 e. The Hall–Kier alpha value is -1.10. The van der Waals surface area contributed by atoms with Crippen LogP contribution in [0.4, 0.5) is 0 Å². The fraction of sp³-hybridized carbons (Fsp3) is 0.714. The molecule has 0 saturated carbocycles. The molecule has 0 heterocycles. The first-order valence-electron chi connectivity index (χ1n) is 3.60. The van der Waals surface area contributed by atoms with Gasteiger partial charge in [0.25, 0.3) is 0 Å². The number of likely N-dealkylation sites (N-methyl/N-ethyl adjacent to an activating group) is 1. The second kappa shape index (κ2) is 4.71. The summed E-state index contributed by atoms with van der Waals surface area (Å²) in [7, 11) is 1.59. The van der Waals surface area contributed by atoms with Gasteiger partial charge in [0.15, 0.2) is 0 Å². The molecule has 0 saturated heterocycles. The quantitative estimate of drug-likeness (QED) is 0.608. The average Bonchev–Trinajstić information content (AvgIpc) is 1.98. The van der Waals surface area contributed by atoms with Crippen molar-refractivity contribution in [2.24, 2.45) is 0 Å². The largest absolute Gasteiger partial charge is 0.481 e. The fourth-order valence-corrected chi connectivity index (χ4v) is 0.654. The Morgan fingerprint density at radius 2 is 1.92 bits per heavy atom. The van der Waals surface area contributed by atoms with E-state index in [1.807, 2.05) is 0 Å². The minimum atomic E-state index is -0.942. The summed E-state index contributed by atoms with van der Waals surface area (Å²) in [6.45, 7) is 1.77. The van der Waals surface area contributed by atoms with Gasteiger partial charge in [-0.1, -0.05) is 0 Å². The van der Waals surface area contributed by atoms with Crippen molar-refractivity contribution in [3.8, 4) is 0 Å². The van der Waals surface area contributed by atoms with Crippen LogP contribution >= 0.6 is 0 Å². The Balaban J connectivity index is 3.79. The van der Waals surface area contributed by atoms with Crippen molar-refractivity contribution in [2.75, 3.05) is 13.6 Å². The first kappa shape index (κ1) is 10.9. The van der Waals surface area contributed by atoms with Crippen LogP contribution in [-0.2, 0) is 9.59 Å². The molecule has 0 bridgehead atoms. The Labute approximate surface area is 70.6 Å². The number of hydrogen-bond donors (Lipinski definition) is 2. The number of aliphatic carboxylic acids is 2. The molecule has 0 rings (SSSR count). The topological polar surface area (TPSA) is 77.8 Å². The molecule has 0 aliphatic carbocycles. The number of nitrogens with zero attached hydrogens (tertiary/aromatic N) is 1. The summed E-state index contributed by atoms with van der Waals surface area (Å²) in [4.78, 5) is 22.0. The van der Waals surface area contributed by atoms with E-state index in [1.165, 1.54) is 11.8 Å². The van der Waals surface area contributed by atoms with Crippen LogP contribution in [0.1, 0.15) is 13.3 Å². The van der Waals surface area contributed by atoms with Crippen molar-refractivity contribution >= 4 is 11.9 Å². The molecule has 0 spiro atoms. The van der Waals surface area contributed by atoms with Crippen LogP contribution in [0.5, 0.6) is 0 Å². The molecule has 12 heavy (non-hydrogen) atoms. The van der Waals surface area contributed by atoms with E-state index in [-0.39, 0.29) is 13.0 Å². The maximum absolute atomic E-state index is 10.4. The molecule has 0 radical (unpaired) electrons. The molecular weight excluding hydrogens is 162 g/mol. The first-order valence-corrected chi connectivity index (χ1v) is 3.60. The predicted molar refractivity (Wildman–Crippen MR) is 42.0 cm³/mol. The van der Waals surface area contributed by atoms with Crippen molar-refractivity contribution in [1.82, 2.24) is 4.90 Å². The number of rotatable bonds is 5. The van der Waals surface area contributed by atoms with Gasteiger partial charge in [-0.3, -0.25) is 14.5 Å². The summed E-state index contributed by atoms with van der Waals surface area (Å²) in [5.74, 6) is -1.86. The highest BCUT2D eigenvalue weighted by Crippen LogP contribution is 1.96. The molecule has 0 aliphatic heterocycles. The predicted octanol–water partition coefficient (Wildman–Crippen LogP) is -0.134. The van der Waals surface area contributed by atoms with E-state index in [1.54, 1.807) is 7.05 Å². The van der Waals surface area contributed by atoms with E-state index in [4.69, 9.17) is 10.2 Å². The first-order chi connectivity index (χ1) is 5.45. The zero-order valence-corrected chi connectivity index (χ0v) is 7.15. The van der Waals surface area contributed by atoms with Crippen molar-refractivity contribution < 1.29 is 19.8 Å². The summed E-state index contributed by atoms with van der Waals surface area (Å²) in [5, 5.41) is 16.8. The van der Waals surface area contributed by atoms with E-state index in [2.05, 4.69) is 0 Å². The van der Waals surface area contributed by atoms with Gasteiger partial charge in [-0.2, -0.15) is 0 Å². The summed E-state index contributed by atoms with van der Waals surface area (Å²) < 4.78 is 0. The molecule has 0 fully saturated rings. The molecule has 5 heteroatoms. The lowest BCUT2D eigenvalue weighted by atomic mass is 10.3. The smallest absolute Gasteiger partial charge is 0.320 e. The minimum absolute atomic E-state index is 0.0336. The molecule has 0 aliphatic rings. The summed E-state index contributed by atoms with van der Waals surface area (Å²) in [6, 6.07) is -0.635. The summed E-state index contributed by atoms with van der Waals surface area (Å²) >= 11 is 0. The van der Waals surface area contributed by atoms with E-state index < -0.39 is 18.0 Å². The lowest BCUT2D eigenvalue weighted by molar-refractivity contribution is -0.143. The monoisotopic (exact) mass is 175 g/mol. The Morgan fingerprint density at radius 3 is 2.25 bits per heavy atom. The molecule has 1 atom stereocenters. The standard InChI is InChI=1S/C7H13NO4/c1-5(7(11)12)8(2)4-3-6(9)10/h5H,3-4H2,1-2H3,(H,9,10)(H,11,12). The Morgan fingerprint density at radius 1 is 1.42 bits per heavy atom. The average molecular weight is 175 g/mol. The lowest BCUT2D eigenvalue weighted by Gasteiger charge is -2.19. The molecule has 0 aromatic carbocycles. The van der Waals surface area contributed by atoms with Gasteiger partial charge in [0.05, 0.1) is 6.42 Å². The van der Waals surface area contributed by atoms with E-state index in [0.29, 0.717) is 0 Å². The zero-order chi connectivity index (χ0) is 9.72. The molecule has 1 unspecified atom stereocenters. The number of hydrogen-bond acceptors (Lipinski definition) is 3. The molecule has 0 aromatic rings. The Kier molecular flexibility index (Phi) is 4.28. The molecule has 0 amide bonds. The van der Waals surface area contributed by atoms with Crippen LogP contribution in [0, 0.1) is 0 Å². The van der Waals surface area contributed by atoms with Crippen LogP contribution in [0.15, 0.2) is 0 Å². The molecule has 70 valence electrons. The molecular formula is C7H13NO4. The van der Waals surface area contributed by atoms with Crippen LogP contribution in [0.2, 0.25) is 0 Å². The van der Waals surface area contributed by atoms with Gasteiger partial charge in [-0.05, 0) is 14.0 Å². The fourth-order valence-electron chi connectivity index (χ4n) is 0.654. The maximum Gasteiger partial charge on any atom is 0.320 e. The third-order valence-electron chi connectivity index (χ3n) is 1.70. The van der Waals surface area contributed by atoms with Gasteiger partial charge in [0.1, 0.15) is 6.04 Å². The molecule has 0 aromatic heterocycles. The van der Waals surface area contributed by atoms with E-state index in [9.17, 15) is 9.59 Å². The summed E-state index contributed by atoms with van der Waals surface area (Å²) in [5.41, 5.74) is 0. The van der Waals surface area contributed by atoms with Crippen molar-refractivity contribution in [3.63, 3.8) is 0 Å². The van der Waals surface area contributed by atoms with Gasteiger partial charge in [-0.15, -0.1) is 0 Å². The number of carboxylic acid groups (broad SMARTS) is 2. The number of carboxylic acids is 2. The van der Waals surface area contributed by atoms with Crippen molar-refractivity contribution in [2.45, 2.75) is 19.4 Å². The van der Waals surface area contributed by atoms with Gasteiger partial charge in [0, 0.05) is 6.54 Å². The highest BCUT2D eigenvalue weighted by atomic mass is 16.4. The van der Waals surface area contributed by atoms with Crippen molar-refractivity contribution in [3.05, 3.63) is 0 Å². The third-order valence-corrected chi connectivity index (χ3v) is 1.70. The lowest BCUT2D eigenvalue weighted by Crippen LogP contribution is -2.37. The summed E-state index contributed by atoms with van der Waals surface area (Å²) in [6.07, 6.45) is -0.0336. The van der Waals surface area contributed by atoms with Gasteiger partial charge < -0.3 is 10.2 Å². The van der Waals surface area contributed by atoms with Crippen LogP contribution < -0.4 is 0 Å². The number of carbonyl (C=O) groups is 2. The molecule has 5 nitrogen and oxygen atoms in total. The third kappa shape index (κ3) is 3.92. The molecule has 2 N–H and O–H groups in total. The maximum atomic E-state index is 10.4. The van der Waals surface area contributed by atoms with Gasteiger partial charge in [0.2, 0.25) is 0 Å². The zero-order valence-electron chi connectivity index (χ0n) is 7.15. The highest BCUT2D eigenvalue weighted by Gasteiger charge is 2.16. The SMILES string of the molecule is CC(C(=O)O)N(C)CCC(=O)O. The highest BCUT2D eigenvalue weighted by molar-refractivity contribution is 5.73.